The van der Waals surface area contributed by atoms with Crippen molar-refractivity contribution in [3.63, 3.8) is 0 Å². The zero-order valence-corrected chi connectivity index (χ0v) is 10.9. The van der Waals surface area contributed by atoms with Crippen LogP contribution in [0.25, 0.3) is 0 Å². The first-order valence-corrected chi connectivity index (χ1v) is 5.56. The maximum atomic E-state index is 11.6. The quantitative estimate of drug-likeness (QED) is 0.773. The third-order valence-electron chi connectivity index (χ3n) is 2.82. The molecular weight excluding hydrogens is 234 g/mol. The van der Waals surface area contributed by atoms with Crippen LogP contribution >= 0.6 is 0 Å². The molecule has 0 saturated heterocycles. The lowest BCUT2D eigenvalue weighted by Gasteiger charge is -2.06. The van der Waals surface area contributed by atoms with Crippen LogP contribution in [0.1, 0.15) is 33.7 Å². The number of ether oxygens (including phenoxy) is 1. The van der Waals surface area contributed by atoms with E-state index in [4.69, 9.17) is 9.15 Å². The van der Waals surface area contributed by atoms with Gasteiger partial charge in [-0.3, -0.25) is 0 Å². The Kier molecular flexibility index (Phi) is 3.18. The minimum atomic E-state index is -0.421. The molecule has 0 aliphatic rings. The third kappa shape index (κ3) is 2.13. The van der Waals surface area contributed by atoms with E-state index in [1.54, 1.807) is 4.57 Å². The summed E-state index contributed by atoms with van der Waals surface area (Å²) in [7, 11) is 1.34. The van der Waals surface area contributed by atoms with Crippen LogP contribution in [0.5, 0.6) is 0 Å². The van der Waals surface area contributed by atoms with E-state index >= 15 is 0 Å². The van der Waals surface area contributed by atoms with Crippen molar-refractivity contribution in [3.8, 4) is 0 Å². The maximum absolute atomic E-state index is 11.6. The molecule has 2 rings (SSSR count). The van der Waals surface area contributed by atoms with E-state index < -0.39 is 5.97 Å². The molecule has 0 spiro atoms. The summed E-state index contributed by atoms with van der Waals surface area (Å²) in [5, 5.41) is 0. The fourth-order valence-electron chi connectivity index (χ4n) is 1.68. The first-order chi connectivity index (χ1) is 8.52. The summed E-state index contributed by atoms with van der Waals surface area (Å²) >= 11 is 0. The van der Waals surface area contributed by atoms with Gasteiger partial charge in [0.15, 0.2) is 0 Å². The standard InChI is InChI=1S/C12H15N3O3/c1-7-8(2)18-11(14-7)6-15-9(3)13-5-10(15)12(16)17-4/h5H,6H2,1-4H3. The van der Waals surface area contributed by atoms with E-state index in [-0.39, 0.29) is 0 Å². The van der Waals surface area contributed by atoms with Gasteiger partial charge in [-0.05, 0) is 20.8 Å². The Morgan fingerprint density at radius 2 is 2.17 bits per heavy atom. The molecule has 18 heavy (non-hydrogen) atoms. The zero-order valence-electron chi connectivity index (χ0n) is 10.9. The highest BCUT2D eigenvalue weighted by Crippen LogP contribution is 2.13. The monoisotopic (exact) mass is 249 g/mol. The molecule has 0 unspecified atom stereocenters. The molecule has 0 saturated carbocycles. The second-order valence-corrected chi connectivity index (χ2v) is 4.02. The van der Waals surface area contributed by atoms with Gasteiger partial charge in [-0.15, -0.1) is 0 Å². The van der Waals surface area contributed by atoms with Crippen LogP contribution in [0.15, 0.2) is 10.6 Å². The van der Waals surface area contributed by atoms with Crippen LogP contribution in [0.4, 0.5) is 0 Å². The third-order valence-corrected chi connectivity index (χ3v) is 2.82. The summed E-state index contributed by atoms with van der Waals surface area (Å²) in [6, 6.07) is 0. The van der Waals surface area contributed by atoms with Crippen LogP contribution in [-0.2, 0) is 11.3 Å². The number of rotatable bonds is 3. The molecule has 0 radical (unpaired) electrons. The number of carbonyl (C=O) groups excluding carboxylic acids is 1. The maximum Gasteiger partial charge on any atom is 0.356 e. The van der Waals surface area contributed by atoms with Gasteiger partial charge in [0, 0.05) is 0 Å². The Morgan fingerprint density at radius 3 is 2.72 bits per heavy atom. The molecule has 0 aromatic carbocycles. The Labute approximate surface area is 105 Å². The van der Waals surface area contributed by atoms with Crippen LogP contribution in [0, 0.1) is 20.8 Å². The molecule has 2 aromatic heterocycles. The van der Waals surface area contributed by atoms with Crippen molar-refractivity contribution in [2.75, 3.05) is 7.11 Å². The first kappa shape index (κ1) is 12.3. The normalized spacial score (nSPS) is 10.7. The van der Waals surface area contributed by atoms with Crippen molar-refractivity contribution < 1.29 is 13.9 Å². The summed E-state index contributed by atoms with van der Waals surface area (Å²) in [5.41, 5.74) is 1.24. The van der Waals surface area contributed by atoms with E-state index in [2.05, 4.69) is 9.97 Å². The van der Waals surface area contributed by atoms with E-state index in [1.807, 2.05) is 20.8 Å². The number of oxazole rings is 1. The first-order valence-electron chi connectivity index (χ1n) is 5.56. The molecule has 0 amide bonds. The van der Waals surface area contributed by atoms with Gasteiger partial charge in [-0.2, -0.15) is 0 Å². The molecule has 0 aliphatic carbocycles. The molecule has 0 fully saturated rings. The average Bonchev–Trinajstić information content (AvgIpc) is 2.84. The number of hydrogen-bond acceptors (Lipinski definition) is 5. The number of methoxy groups -OCH3 is 1. The second kappa shape index (κ2) is 4.64. The molecule has 6 nitrogen and oxygen atoms in total. The van der Waals surface area contributed by atoms with Crippen LogP contribution in [-0.4, -0.2) is 27.6 Å². The van der Waals surface area contributed by atoms with E-state index in [0.29, 0.717) is 24.0 Å². The molecular formula is C12H15N3O3. The van der Waals surface area contributed by atoms with Gasteiger partial charge in [0.2, 0.25) is 5.89 Å². The second-order valence-electron chi connectivity index (χ2n) is 4.02. The Balaban J connectivity index is 2.33. The summed E-state index contributed by atoms with van der Waals surface area (Å²) < 4.78 is 11.9. The zero-order chi connectivity index (χ0) is 13.3. The highest BCUT2D eigenvalue weighted by Gasteiger charge is 2.17. The molecule has 0 atom stereocenters. The van der Waals surface area contributed by atoms with Crippen molar-refractivity contribution in [2.24, 2.45) is 0 Å². The van der Waals surface area contributed by atoms with Crippen LogP contribution in [0.3, 0.4) is 0 Å². The number of aromatic nitrogens is 3. The lowest BCUT2D eigenvalue weighted by Crippen LogP contribution is -2.12. The summed E-state index contributed by atoms with van der Waals surface area (Å²) in [5.74, 6) is 1.62. The van der Waals surface area contributed by atoms with Crippen LogP contribution in [0.2, 0.25) is 0 Å². The molecule has 2 heterocycles. The number of imidazole rings is 1. The number of carbonyl (C=O) groups is 1. The summed E-state index contributed by atoms with van der Waals surface area (Å²) in [6.45, 7) is 5.91. The van der Waals surface area contributed by atoms with Crippen molar-refractivity contribution in [3.05, 3.63) is 35.1 Å². The van der Waals surface area contributed by atoms with Gasteiger partial charge >= 0.3 is 5.97 Å². The molecule has 6 heteroatoms. The molecule has 0 N–H and O–H groups in total. The van der Waals surface area contributed by atoms with Crippen LogP contribution < -0.4 is 0 Å². The van der Waals surface area contributed by atoms with E-state index in [1.165, 1.54) is 13.3 Å². The van der Waals surface area contributed by atoms with Crippen molar-refractivity contribution in [2.45, 2.75) is 27.3 Å². The Morgan fingerprint density at radius 1 is 1.44 bits per heavy atom. The Hall–Kier alpha value is -2.11. The van der Waals surface area contributed by atoms with Gasteiger partial charge in [-0.25, -0.2) is 14.8 Å². The van der Waals surface area contributed by atoms with Gasteiger partial charge in [-0.1, -0.05) is 0 Å². The minimum Gasteiger partial charge on any atom is -0.464 e. The van der Waals surface area contributed by atoms with Gasteiger partial charge in [0.05, 0.1) is 19.0 Å². The highest BCUT2D eigenvalue weighted by molar-refractivity contribution is 5.87. The van der Waals surface area contributed by atoms with Crippen molar-refractivity contribution in [1.29, 1.82) is 0 Å². The fraction of sp³-hybridized carbons (Fsp3) is 0.417. The number of nitrogens with zero attached hydrogens (tertiary/aromatic N) is 3. The highest BCUT2D eigenvalue weighted by atomic mass is 16.5. The van der Waals surface area contributed by atoms with Gasteiger partial charge in [0.25, 0.3) is 0 Å². The average molecular weight is 249 g/mol. The fourth-order valence-corrected chi connectivity index (χ4v) is 1.68. The molecule has 0 aliphatic heterocycles. The smallest absolute Gasteiger partial charge is 0.356 e. The lowest BCUT2D eigenvalue weighted by atomic mass is 10.4. The lowest BCUT2D eigenvalue weighted by molar-refractivity contribution is 0.0588. The number of hydrogen-bond donors (Lipinski definition) is 0. The van der Waals surface area contributed by atoms with Gasteiger partial charge < -0.3 is 13.7 Å². The summed E-state index contributed by atoms with van der Waals surface area (Å²) in [6.07, 6.45) is 1.49. The molecule has 0 bridgehead atoms. The largest absolute Gasteiger partial charge is 0.464 e. The molecule has 2 aromatic rings. The SMILES string of the molecule is COC(=O)c1cnc(C)n1Cc1nc(C)c(C)o1. The summed E-state index contributed by atoms with van der Waals surface area (Å²) in [4.78, 5) is 20.0. The number of aryl methyl sites for hydroxylation is 3. The predicted octanol–water partition coefficient (Wildman–Crippen LogP) is 1.63. The predicted molar refractivity (Wildman–Crippen MR) is 63.4 cm³/mol. The van der Waals surface area contributed by atoms with E-state index in [9.17, 15) is 4.79 Å². The van der Waals surface area contributed by atoms with E-state index in [0.717, 1.165) is 11.5 Å². The van der Waals surface area contributed by atoms with Gasteiger partial charge in [0.1, 0.15) is 23.8 Å². The number of esters is 1. The Bertz CT molecular complexity index is 564. The minimum absolute atomic E-state index is 0.366. The van der Waals surface area contributed by atoms with Crippen molar-refractivity contribution in [1.82, 2.24) is 14.5 Å². The van der Waals surface area contributed by atoms with Crippen molar-refractivity contribution >= 4 is 5.97 Å². The molecule has 96 valence electrons. The topological polar surface area (TPSA) is 70.2 Å².